The largest absolute Gasteiger partial charge is 0.461 e. The van der Waals surface area contributed by atoms with Gasteiger partial charge in [0.05, 0.1) is 17.8 Å². The van der Waals surface area contributed by atoms with Crippen LogP contribution in [0.3, 0.4) is 0 Å². The molecule has 1 amide bonds. The highest BCUT2D eigenvalue weighted by molar-refractivity contribution is 5.95. The van der Waals surface area contributed by atoms with Crippen LogP contribution in [0.5, 0.6) is 5.75 Å². The number of nitrogens with zero attached hydrogens (tertiary/aromatic N) is 2. The Balaban J connectivity index is 1.52. The smallest absolute Gasteiger partial charge is 0.418 e. The van der Waals surface area contributed by atoms with Crippen LogP contribution in [0.4, 0.5) is 13.2 Å². The van der Waals surface area contributed by atoms with Gasteiger partial charge in [-0.25, -0.2) is 0 Å². The molecule has 39 heavy (non-hydrogen) atoms. The zero-order valence-electron chi connectivity index (χ0n) is 20.9. The number of ether oxygens (including phenoxy) is 2. The fourth-order valence-corrected chi connectivity index (χ4v) is 4.46. The number of nitrogens with two attached hydrogens (primary N) is 1. The second-order valence-electron chi connectivity index (χ2n) is 8.89. The van der Waals surface area contributed by atoms with Gasteiger partial charge in [0.15, 0.2) is 0 Å². The summed E-state index contributed by atoms with van der Waals surface area (Å²) in [5.74, 6) is -0.103. The molecule has 5 rings (SSSR count). The molecular weight excluding hydrogens is 507 g/mol. The zero-order chi connectivity index (χ0) is 27.6. The van der Waals surface area contributed by atoms with Gasteiger partial charge in [-0.3, -0.25) is 9.48 Å². The number of carbonyl (C=O) groups excluding carboxylic acids is 1. The average molecular weight is 532 g/mol. The molecule has 0 radical (unpaired) electrons. The molecule has 5 aromatic rings. The summed E-state index contributed by atoms with van der Waals surface area (Å²) in [6.45, 7) is 0.294. The molecule has 0 saturated carbocycles. The molecule has 1 unspecified atom stereocenters. The quantitative estimate of drug-likeness (QED) is 0.229. The predicted molar refractivity (Wildman–Crippen MR) is 141 cm³/mol. The number of methoxy groups -OCH3 is 1. The number of alkyl halides is 3. The summed E-state index contributed by atoms with van der Waals surface area (Å²) in [4.78, 5) is 11.6. The van der Waals surface area contributed by atoms with Gasteiger partial charge in [0, 0.05) is 29.2 Å². The predicted octanol–water partition coefficient (Wildman–Crippen LogP) is 6.59. The Bertz CT molecular complexity index is 1610. The van der Waals surface area contributed by atoms with Crippen molar-refractivity contribution in [3.05, 3.63) is 119 Å². The third-order valence-electron chi connectivity index (χ3n) is 6.28. The van der Waals surface area contributed by atoms with Crippen LogP contribution in [0.25, 0.3) is 22.2 Å². The molecule has 0 bridgehead atoms. The Kier molecular flexibility index (Phi) is 7.08. The fraction of sp³-hybridized carbons (Fsp3) is 0.133. The molecule has 198 valence electrons. The van der Waals surface area contributed by atoms with Crippen molar-refractivity contribution < 1.29 is 27.4 Å². The first-order chi connectivity index (χ1) is 18.7. The van der Waals surface area contributed by atoms with E-state index in [0.717, 1.165) is 11.6 Å². The maximum atomic E-state index is 13.8. The first-order valence-electron chi connectivity index (χ1n) is 12.0. The van der Waals surface area contributed by atoms with Crippen LogP contribution in [-0.2, 0) is 17.5 Å². The fourth-order valence-electron chi connectivity index (χ4n) is 4.46. The number of hydrogen-bond donors (Lipinski definition) is 1. The Morgan fingerprint density at radius 1 is 0.949 bits per heavy atom. The summed E-state index contributed by atoms with van der Waals surface area (Å²) < 4.78 is 54.5. The molecule has 0 aliphatic carbocycles. The van der Waals surface area contributed by atoms with E-state index in [1.807, 2.05) is 30.3 Å². The summed E-state index contributed by atoms with van der Waals surface area (Å²) in [6.07, 6.45) is -5.35. The third-order valence-corrected chi connectivity index (χ3v) is 6.28. The standard InChI is InChI=1S/C30H24F3N3O3/c1-38-29(22-10-5-9-21(17-22)28(34)37)39-23-15-13-20(14-16-23)27-24-11-6-12-25(30(31,32)33)26(24)35-36(27)18-19-7-3-2-4-8-19/h2-17,29H,18H2,1H3,(H2,34,37). The molecule has 9 heteroatoms. The summed E-state index contributed by atoms with van der Waals surface area (Å²) in [7, 11) is 1.47. The Morgan fingerprint density at radius 3 is 2.33 bits per heavy atom. The highest BCUT2D eigenvalue weighted by Gasteiger charge is 2.34. The number of amides is 1. The zero-order valence-corrected chi connectivity index (χ0v) is 20.9. The van der Waals surface area contributed by atoms with Crippen LogP contribution < -0.4 is 10.5 Å². The van der Waals surface area contributed by atoms with Crippen molar-refractivity contribution in [2.75, 3.05) is 7.11 Å². The van der Waals surface area contributed by atoms with E-state index in [1.165, 1.54) is 13.2 Å². The van der Waals surface area contributed by atoms with Gasteiger partial charge in [-0.05, 0) is 48.0 Å². The monoisotopic (exact) mass is 531 g/mol. The summed E-state index contributed by atoms with van der Waals surface area (Å²) in [5, 5.41) is 4.80. The van der Waals surface area contributed by atoms with Crippen LogP contribution >= 0.6 is 0 Å². The maximum absolute atomic E-state index is 13.8. The molecule has 0 spiro atoms. The second kappa shape index (κ2) is 10.6. The lowest BCUT2D eigenvalue weighted by atomic mass is 10.0. The van der Waals surface area contributed by atoms with Crippen LogP contribution in [0.2, 0.25) is 0 Å². The van der Waals surface area contributed by atoms with E-state index in [2.05, 4.69) is 5.10 Å². The van der Waals surface area contributed by atoms with E-state index in [-0.39, 0.29) is 5.52 Å². The molecule has 0 saturated heterocycles. The van der Waals surface area contributed by atoms with E-state index < -0.39 is 23.9 Å². The molecule has 4 aromatic carbocycles. The first kappa shape index (κ1) is 26.0. The summed E-state index contributed by atoms with van der Waals surface area (Å²) in [5.41, 5.74) is 7.55. The lowest BCUT2D eigenvalue weighted by molar-refractivity contribution is -0.136. The summed E-state index contributed by atoms with van der Waals surface area (Å²) in [6, 6.07) is 27.1. The molecule has 0 aliphatic rings. The number of benzene rings is 4. The van der Waals surface area contributed by atoms with Gasteiger partial charge >= 0.3 is 6.18 Å². The van der Waals surface area contributed by atoms with Crippen molar-refractivity contribution in [1.82, 2.24) is 9.78 Å². The number of halogens is 3. The van der Waals surface area contributed by atoms with Crippen LogP contribution in [0.1, 0.15) is 33.3 Å². The van der Waals surface area contributed by atoms with Crippen molar-refractivity contribution in [2.45, 2.75) is 19.0 Å². The highest BCUT2D eigenvalue weighted by Crippen LogP contribution is 2.38. The number of fused-ring (bicyclic) bond motifs is 1. The van der Waals surface area contributed by atoms with Crippen LogP contribution in [-0.4, -0.2) is 22.8 Å². The van der Waals surface area contributed by atoms with Gasteiger partial charge in [-0.2, -0.15) is 18.3 Å². The van der Waals surface area contributed by atoms with Crippen molar-refractivity contribution in [3.63, 3.8) is 0 Å². The third kappa shape index (κ3) is 5.49. The van der Waals surface area contributed by atoms with Gasteiger partial charge < -0.3 is 15.2 Å². The maximum Gasteiger partial charge on any atom is 0.418 e. The Morgan fingerprint density at radius 2 is 1.67 bits per heavy atom. The lowest BCUT2D eigenvalue weighted by Crippen LogP contribution is -2.14. The van der Waals surface area contributed by atoms with E-state index >= 15 is 0 Å². The minimum Gasteiger partial charge on any atom is -0.461 e. The normalized spacial score (nSPS) is 12.4. The molecular formula is C30H24F3N3O3. The van der Waals surface area contributed by atoms with Gasteiger partial charge in [0.2, 0.25) is 12.2 Å². The topological polar surface area (TPSA) is 79.4 Å². The lowest BCUT2D eigenvalue weighted by Gasteiger charge is -2.18. The van der Waals surface area contributed by atoms with Crippen molar-refractivity contribution in [2.24, 2.45) is 5.73 Å². The van der Waals surface area contributed by atoms with Gasteiger partial charge in [0.25, 0.3) is 0 Å². The van der Waals surface area contributed by atoms with Crippen molar-refractivity contribution >= 4 is 16.8 Å². The minimum atomic E-state index is -4.54. The number of carbonyl (C=O) groups is 1. The van der Waals surface area contributed by atoms with Crippen molar-refractivity contribution in [3.8, 4) is 17.0 Å². The SMILES string of the molecule is COC(Oc1ccc(-c2c3cccc(C(F)(F)F)c3nn2Cc2ccccc2)cc1)c1cccc(C(N)=O)c1. The molecule has 0 aliphatic heterocycles. The highest BCUT2D eigenvalue weighted by atomic mass is 19.4. The van der Waals surface area contributed by atoms with Gasteiger partial charge in [-0.15, -0.1) is 0 Å². The molecule has 1 heterocycles. The van der Waals surface area contributed by atoms with E-state index in [4.69, 9.17) is 15.2 Å². The molecule has 6 nitrogen and oxygen atoms in total. The molecule has 1 aromatic heterocycles. The number of rotatable bonds is 8. The number of aromatic nitrogens is 2. The molecule has 1 atom stereocenters. The van der Waals surface area contributed by atoms with Gasteiger partial charge in [0.1, 0.15) is 11.3 Å². The second-order valence-corrected chi connectivity index (χ2v) is 8.89. The van der Waals surface area contributed by atoms with E-state index in [0.29, 0.717) is 40.1 Å². The Hall–Kier alpha value is -4.63. The van der Waals surface area contributed by atoms with Crippen LogP contribution in [0, 0.1) is 0 Å². The van der Waals surface area contributed by atoms with Crippen molar-refractivity contribution in [1.29, 1.82) is 0 Å². The van der Waals surface area contributed by atoms with E-state index in [9.17, 15) is 18.0 Å². The average Bonchev–Trinajstić information content (AvgIpc) is 3.29. The van der Waals surface area contributed by atoms with E-state index in [1.54, 1.807) is 59.3 Å². The first-order valence-corrected chi connectivity index (χ1v) is 12.0. The van der Waals surface area contributed by atoms with Gasteiger partial charge in [-0.1, -0.05) is 54.6 Å². The number of primary amides is 1. The number of hydrogen-bond acceptors (Lipinski definition) is 4. The molecule has 2 N–H and O–H groups in total. The van der Waals surface area contributed by atoms with Crippen LogP contribution in [0.15, 0.2) is 97.1 Å². The molecule has 0 fully saturated rings. The Labute approximate surface area is 222 Å². The summed E-state index contributed by atoms with van der Waals surface area (Å²) >= 11 is 0. The minimum absolute atomic E-state index is 0.106.